The predicted octanol–water partition coefficient (Wildman–Crippen LogP) is 1.13. The van der Waals surface area contributed by atoms with Crippen molar-refractivity contribution in [2.45, 2.75) is 37.6 Å². The van der Waals surface area contributed by atoms with Gasteiger partial charge in [0.05, 0.1) is 5.69 Å². The lowest BCUT2D eigenvalue weighted by Gasteiger charge is -2.38. The smallest absolute Gasteiger partial charge is 0.248 e. The first kappa shape index (κ1) is 15.8. The quantitative estimate of drug-likeness (QED) is 0.905. The van der Waals surface area contributed by atoms with E-state index in [1.807, 2.05) is 6.92 Å². The van der Waals surface area contributed by atoms with Crippen LogP contribution >= 0.6 is 11.6 Å². The third-order valence-corrected chi connectivity index (χ3v) is 6.59. The molecule has 0 radical (unpaired) electrons. The topological polar surface area (TPSA) is 81.2 Å². The van der Waals surface area contributed by atoms with Crippen molar-refractivity contribution in [3.8, 4) is 0 Å². The molecule has 20 heavy (non-hydrogen) atoms. The van der Waals surface area contributed by atoms with Crippen molar-refractivity contribution in [1.82, 2.24) is 14.1 Å². The Bertz CT molecular complexity index is 599. The maximum atomic E-state index is 12.9. The van der Waals surface area contributed by atoms with Gasteiger partial charge in [-0.1, -0.05) is 18.5 Å². The summed E-state index contributed by atoms with van der Waals surface area (Å²) in [6.45, 7) is 4.50. The van der Waals surface area contributed by atoms with E-state index >= 15 is 0 Å². The molecule has 0 aliphatic carbocycles. The first-order valence-electron chi connectivity index (χ1n) is 6.71. The Kier molecular flexibility index (Phi) is 4.44. The SMILES string of the molecule is Cc1nn(C)c(Cl)c1S(=O)(=O)N1CCC[C@H](C)[C@H]1CN. The normalized spacial score (nSPS) is 25.1. The first-order valence-corrected chi connectivity index (χ1v) is 8.53. The second-order valence-corrected chi connectivity index (χ2v) is 7.55. The molecular formula is C12H21ClN4O2S. The van der Waals surface area contributed by atoms with Gasteiger partial charge in [0.25, 0.3) is 0 Å². The second-order valence-electron chi connectivity index (χ2n) is 5.37. The molecule has 1 aliphatic heterocycles. The van der Waals surface area contributed by atoms with Gasteiger partial charge in [-0.25, -0.2) is 8.42 Å². The molecule has 0 saturated carbocycles. The molecule has 1 saturated heterocycles. The van der Waals surface area contributed by atoms with E-state index in [9.17, 15) is 8.42 Å². The highest BCUT2D eigenvalue weighted by atomic mass is 35.5. The van der Waals surface area contributed by atoms with E-state index in [4.69, 9.17) is 17.3 Å². The first-order chi connectivity index (χ1) is 9.30. The molecule has 0 aromatic carbocycles. The van der Waals surface area contributed by atoms with Crippen LogP contribution in [0.4, 0.5) is 0 Å². The Morgan fingerprint density at radius 1 is 1.50 bits per heavy atom. The van der Waals surface area contributed by atoms with Crippen LogP contribution in [-0.2, 0) is 17.1 Å². The molecule has 0 spiro atoms. The summed E-state index contributed by atoms with van der Waals surface area (Å²) in [4.78, 5) is 0.106. The lowest BCUT2D eigenvalue weighted by molar-refractivity contribution is 0.192. The largest absolute Gasteiger partial charge is 0.329 e. The molecule has 1 aromatic heterocycles. The highest BCUT2D eigenvalue weighted by molar-refractivity contribution is 7.89. The van der Waals surface area contributed by atoms with Crippen LogP contribution in [0.5, 0.6) is 0 Å². The van der Waals surface area contributed by atoms with Crippen molar-refractivity contribution in [2.75, 3.05) is 13.1 Å². The minimum Gasteiger partial charge on any atom is -0.329 e. The van der Waals surface area contributed by atoms with Gasteiger partial charge in [-0.2, -0.15) is 9.40 Å². The van der Waals surface area contributed by atoms with Crippen molar-refractivity contribution < 1.29 is 8.42 Å². The molecule has 6 nitrogen and oxygen atoms in total. The molecule has 2 rings (SSSR count). The van der Waals surface area contributed by atoms with Gasteiger partial charge >= 0.3 is 0 Å². The van der Waals surface area contributed by atoms with Crippen LogP contribution in [0.3, 0.4) is 0 Å². The fourth-order valence-corrected chi connectivity index (χ4v) is 5.36. The number of rotatable bonds is 3. The Morgan fingerprint density at radius 3 is 2.65 bits per heavy atom. The van der Waals surface area contributed by atoms with Crippen LogP contribution < -0.4 is 5.73 Å². The molecule has 2 heterocycles. The molecule has 1 aliphatic rings. The molecule has 1 aromatic rings. The summed E-state index contributed by atoms with van der Waals surface area (Å²) in [6, 6.07) is -0.176. The van der Waals surface area contributed by atoms with Gasteiger partial charge in [0.15, 0.2) is 0 Å². The van der Waals surface area contributed by atoms with Crippen molar-refractivity contribution >= 4 is 21.6 Å². The zero-order valence-electron chi connectivity index (χ0n) is 12.0. The van der Waals surface area contributed by atoms with Crippen molar-refractivity contribution in [3.63, 3.8) is 0 Å². The van der Waals surface area contributed by atoms with Crippen LogP contribution in [0.15, 0.2) is 4.90 Å². The van der Waals surface area contributed by atoms with Gasteiger partial charge in [-0.15, -0.1) is 0 Å². The zero-order valence-corrected chi connectivity index (χ0v) is 13.6. The molecular weight excluding hydrogens is 300 g/mol. The molecule has 2 N–H and O–H groups in total. The van der Waals surface area contributed by atoms with E-state index in [1.54, 1.807) is 14.0 Å². The van der Waals surface area contributed by atoms with Gasteiger partial charge in [0.1, 0.15) is 10.0 Å². The maximum Gasteiger partial charge on any atom is 0.248 e. The Labute approximate surface area is 124 Å². The number of hydrogen-bond acceptors (Lipinski definition) is 4. The third kappa shape index (κ3) is 2.47. The average Bonchev–Trinajstić information content (AvgIpc) is 2.63. The molecule has 1 fully saturated rings. The molecule has 2 atom stereocenters. The van der Waals surface area contributed by atoms with E-state index in [-0.39, 0.29) is 22.0 Å². The number of nitrogens with zero attached hydrogens (tertiary/aromatic N) is 3. The number of nitrogens with two attached hydrogens (primary N) is 1. The van der Waals surface area contributed by atoms with Crippen LogP contribution in [0.25, 0.3) is 0 Å². The van der Waals surface area contributed by atoms with E-state index in [0.717, 1.165) is 12.8 Å². The van der Waals surface area contributed by atoms with Crippen molar-refractivity contribution in [2.24, 2.45) is 18.7 Å². The van der Waals surface area contributed by atoms with Gasteiger partial charge in [0, 0.05) is 26.2 Å². The van der Waals surface area contributed by atoms with E-state index in [2.05, 4.69) is 5.10 Å². The minimum atomic E-state index is -3.66. The highest BCUT2D eigenvalue weighted by Crippen LogP contribution is 2.33. The molecule has 0 amide bonds. The number of aryl methyl sites for hydroxylation is 2. The van der Waals surface area contributed by atoms with E-state index in [0.29, 0.717) is 18.8 Å². The lowest BCUT2D eigenvalue weighted by atomic mass is 9.93. The van der Waals surface area contributed by atoms with Gasteiger partial charge < -0.3 is 5.73 Å². The average molecular weight is 321 g/mol. The molecule has 8 heteroatoms. The summed E-state index contributed by atoms with van der Waals surface area (Å²) >= 11 is 6.11. The number of piperidine rings is 1. The van der Waals surface area contributed by atoms with Crippen LogP contribution in [0.1, 0.15) is 25.5 Å². The summed E-state index contributed by atoms with van der Waals surface area (Å²) in [5.74, 6) is 0.249. The third-order valence-electron chi connectivity index (χ3n) is 3.97. The van der Waals surface area contributed by atoms with Crippen LogP contribution in [-0.4, -0.2) is 41.6 Å². The Morgan fingerprint density at radius 2 is 2.15 bits per heavy atom. The Balaban J connectivity index is 2.48. The van der Waals surface area contributed by atoms with E-state index < -0.39 is 10.0 Å². The monoisotopic (exact) mass is 320 g/mol. The summed E-state index contributed by atoms with van der Waals surface area (Å²) in [6.07, 6.45) is 1.83. The number of halogens is 1. The standard InChI is InChI=1S/C12H21ClN4O2S/c1-8-5-4-6-17(10(8)7-14)20(18,19)11-9(2)15-16(3)12(11)13/h8,10H,4-7,14H2,1-3H3/t8-,10+/m0/s1. The zero-order chi connectivity index (χ0) is 15.1. The van der Waals surface area contributed by atoms with Crippen LogP contribution in [0, 0.1) is 12.8 Å². The fraction of sp³-hybridized carbons (Fsp3) is 0.750. The fourth-order valence-electron chi connectivity index (χ4n) is 2.88. The second kappa shape index (κ2) is 5.63. The summed E-state index contributed by atoms with van der Waals surface area (Å²) in [5, 5.41) is 4.24. The summed E-state index contributed by atoms with van der Waals surface area (Å²) < 4.78 is 28.7. The minimum absolute atomic E-state index is 0.106. The van der Waals surface area contributed by atoms with Gasteiger partial charge in [0.2, 0.25) is 10.0 Å². The Hall–Kier alpha value is -0.630. The summed E-state index contributed by atoms with van der Waals surface area (Å²) in [7, 11) is -2.03. The predicted molar refractivity (Wildman–Crippen MR) is 78.1 cm³/mol. The highest BCUT2D eigenvalue weighted by Gasteiger charge is 2.39. The van der Waals surface area contributed by atoms with Crippen molar-refractivity contribution in [3.05, 3.63) is 10.8 Å². The summed E-state index contributed by atoms with van der Waals surface area (Å²) in [5.41, 5.74) is 6.20. The van der Waals surface area contributed by atoms with Gasteiger partial charge in [-0.3, -0.25) is 4.68 Å². The number of aromatic nitrogens is 2. The number of hydrogen-bond donors (Lipinski definition) is 1. The van der Waals surface area contributed by atoms with E-state index in [1.165, 1.54) is 8.99 Å². The van der Waals surface area contributed by atoms with Gasteiger partial charge in [-0.05, 0) is 25.7 Å². The molecule has 0 unspecified atom stereocenters. The van der Waals surface area contributed by atoms with Crippen LogP contribution in [0.2, 0.25) is 5.15 Å². The number of sulfonamides is 1. The lowest BCUT2D eigenvalue weighted by Crippen LogP contribution is -2.51. The molecule has 0 bridgehead atoms. The maximum absolute atomic E-state index is 12.9. The molecule has 114 valence electrons. The van der Waals surface area contributed by atoms with Crippen molar-refractivity contribution in [1.29, 1.82) is 0 Å².